The van der Waals surface area contributed by atoms with Crippen molar-refractivity contribution in [3.05, 3.63) is 29.7 Å². The highest BCUT2D eigenvalue weighted by Crippen LogP contribution is 2.31. The van der Waals surface area contributed by atoms with Crippen LogP contribution in [0, 0.1) is 12.8 Å². The first kappa shape index (κ1) is 11.7. The molecular formula is C15H20N2O. The van der Waals surface area contributed by atoms with Gasteiger partial charge < -0.3 is 9.73 Å². The Morgan fingerprint density at radius 2 is 2.33 bits per heavy atom. The van der Waals surface area contributed by atoms with Gasteiger partial charge in [0.15, 0.2) is 5.58 Å². The van der Waals surface area contributed by atoms with Crippen molar-refractivity contribution in [2.75, 3.05) is 6.54 Å². The van der Waals surface area contributed by atoms with Crippen LogP contribution in [0.1, 0.15) is 43.7 Å². The van der Waals surface area contributed by atoms with Gasteiger partial charge in [0.2, 0.25) is 5.89 Å². The number of fused-ring (bicyclic) bond motifs is 1. The van der Waals surface area contributed by atoms with E-state index in [4.69, 9.17) is 4.42 Å². The molecule has 2 atom stereocenters. The minimum Gasteiger partial charge on any atom is -0.439 e. The molecule has 3 heteroatoms. The Morgan fingerprint density at radius 3 is 3.11 bits per heavy atom. The van der Waals surface area contributed by atoms with Crippen LogP contribution in [-0.2, 0) is 0 Å². The Labute approximate surface area is 108 Å². The molecule has 1 aromatic carbocycles. The fourth-order valence-corrected chi connectivity index (χ4v) is 2.81. The molecule has 1 saturated heterocycles. The Kier molecular flexibility index (Phi) is 3.08. The number of aromatic nitrogens is 1. The predicted molar refractivity (Wildman–Crippen MR) is 72.5 cm³/mol. The van der Waals surface area contributed by atoms with Crippen LogP contribution >= 0.6 is 0 Å². The van der Waals surface area contributed by atoms with E-state index in [0.29, 0.717) is 0 Å². The van der Waals surface area contributed by atoms with Crippen LogP contribution in [-0.4, -0.2) is 11.5 Å². The highest BCUT2D eigenvalue weighted by atomic mass is 16.3. The first-order valence-corrected chi connectivity index (χ1v) is 6.87. The minimum atomic E-state index is 0.287. The minimum absolute atomic E-state index is 0.287. The third kappa shape index (κ3) is 2.03. The van der Waals surface area contributed by atoms with E-state index in [0.717, 1.165) is 41.4 Å². The number of rotatable bonds is 2. The molecule has 1 aliphatic rings. The third-order valence-corrected chi connectivity index (χ3v) is 4.02. The lowest BCUT2D eigenvalue weighted by atomic mass is 9.90. The van der Waals surface area contributed by atoms with Crippen LogP contribution in [0.15, 0.2) is 22.6 Å². The van der Waals surface area contributed by atoms with Crippen molar-refractivity contribution < 1.29 is 4.42 Å². The number of para-hydroxylation sites is 1. The molecule has 2 aromatic rings. The number of hydrogen-bond acceptors (Lipinski definition) is 3. The summed E-state index contributed by atoms with van der Waals surface area (Å²) >= 11 is 0. The Morgan fingerprint density at radius 1 is 1.44 bits per heavy atom. The zero-order valence-electron chi connectivity index (χ0n) is 11.1. The van der Waals surface area contributed by atoms with E-state index in [-0.39, 0.29) is 6.04 Å². The van der Waals surface area contributed by atoms with Crippen molar-refractivity contribution in [3.63, 3.8) is 0 Å². The molecule has 1 aliphatic heterocycles. The van der Waals surface area contributed by atoms with Gasteiger partial charge in [-0.05, 0) is 43.9 Å². The summed E-state index contributed by atoms with van der Waals surface area (Å²) in [6, 6.07) is 6.42. The van der Waals surface area contributed by atoms with Crippen molar-refractivity contribution >= 4 is 11.1 Å². The smallest absolute Gasteiger partial charge is 0.212 e. The molecule has 1 aromatic heterocycles. The molecule has 0 amide bonds. The van der Waals surface area contributed by atoms with Gasteiger partial charge in [0.1, 0.15) is 5.52 Å². The standard InChI is InChI=1S/C15H20N2O/c1-3-11-7-8-16-13(9-11)15-17-12-6-4-5-10(2)14(12)18-15/h4-6,11,13,16H,3,7-9H2,1-2H3. The Balaban J connectivity index is 1.92. The lowest BCUT2D eigenvalue weighted by molar-refractivity contribution is 0.267. The molecule has 0 spiro atoms. The molecule has 1 N–H and O–H groups in total. The number of nitrogens with zero attached hydrogens (tertiary/aromatic N) is 1. The third-order valence-electron chi connectivity index (χ3n) is 4.02. The summed E-state index contributed by atoms with van der Waals surface area (Å²) in [5.41, 5.74) is 3.08. The molecule has 1 fully saturated rings. The van der Waals surface area contributed by atoms with Gasteiger partial charge in [-0.15, -0.1) is 0 Å². The fraction of sp³-hybridized carbons (Fsp3) is 0.533. The largest absolute Gasteiger partial charge is 0.439 e. The van der Waals surface area contributed by atoms with Gasteiger partial charge in [-0.3, -0.25) is 0 Å². The first-order valence-electron chi connectivity index (χ1n) is 6.87. The summed E-state index contributed by atoms with van der Waals surface area (Å²) in [6.45, 7) is 5.41. The number of aryl methyl sites for hydroxylation is 1. The molecule has 0 saturated carbocycles. The van der Waals surface area contributed by atoms with Gasteiger partial charge in [0.05, 0.1) is 6.04 Å². The van der Waals surface area contributed by atoms with E-state index >= 15 is 0 Å². The van der Waals surface area contributed by atoms with Gasteiger partial charge in [-0.25, -0.2) is 4.98 Å². The molecule has 18 heavy (non-hydrogen) atoms. The van der Waals surface area contributed by atoms with E-state index in [2.05, 4.69) is 30.2 Å². The SMILES string of the molecule is CCC1CCNC(c2nc3cccc(C)c3o2)C1. The van der Waals surface area contributed by atoms with E-state index < -0.39 is 0 Å². The van der Waals surface area contributed by atoms with Crippen molar-refractivity contribution in [1.29, 1.82) is 0 Å². The van der Waals surface area contributed by atoms with Crippen molar-refractivity contribution in [2.45, 2.75) is 39.2 Å². The maximum atomic E-state index is 5.96. The zero-order chi connectivity index (χ0) is 12.5. The maximum Gasteiger partial charge on any atom is 0.212 e. The summed E-state index contributed by atoms with van der Waals surface area (Å²) in [7, 11) is 0. The van der Waals surface area contributed by atoms with E-state index in [1.165, 1.54) is 12.8 Å². The van der Waals surface area contributed by atoms with Crippen molar-refractivity contribution in [2.24, 2.45) is 5.92 Å². The average molecular weight is 244 g/mol. The number of oxazole rings is 1. The second kappa shape index (κ2) is 4.73. The molecule has 2 unspecified atom stereocenters. The van der Waals surface area contributed by atoms with Gasteiger partial charge in [0, 0.05) is 0 Å². The van der Waals surface area contributed by atoms with E-state index in [9.17, 15) is 0 Å². The number of piperidine rings is 1. The van der Waals surface area contributed by atoms with Gasteiger partial charge >= 0.3 is 0 Å². The molecule has 0 bridgehead atoms. The summed E-state index contributed by atoms with van der Waals surface area (Å²) in [4.78, 5) is 4.64. The second-order valence-electron chi connectivity index (χ2n) is 5.28. The normalized spacial score (nSPS) is 24.6. The molecule has 3 nitrogen and oxygen atoms in total. The highest BCUT2D eigenvalue weighted by molar-refractivity contribution is 5.76. The van der Waals surface area contributed by atoms with E-state index in [1.54, 1.807) is 0 Å². The van der Waals surface area contributed by atoms with Gasteiger partial charge in [-0.2, -0.15) is 0 Å². The summed E-state index contributed by atoms with van der Waals surface area (Å²) in [5, 5.41) is 3.52. The quantitative estimate of drug-likeness (QED) is 0.877. The van der Waals surface area contributed by atoms with Crippen LogP contribution in [0.2, 0.25) is 0 Å². The monoisotopic (exact) mass is 244 g/mol. The Hall–Kier alpha value is -1.35. The molecule has 0 aliphatic carbocycles. The average Bonchev–Trinajstić information content (AvgIpc) is 2.84. The summed E-state index contributed by atoms with van der Waals surface area (Å²) in [5.74, 6) is 1.66. The number of benzene rings is 1. The molecule has 3 rings (SSSR count). The zero-order valence-corrected chi connectivity index (χ0v) is 11.1. The predicted octanol–water partition coefficient (Wildman–Crippen LogP) is 3.59. The molecule has 0 radical (unpaired) electrons. The van der Waals surface area contributed by atoms with Crippen LogP contribution in [0.5, 0.6) is 0 Å². The number of nitrogens with one attached hydrogen (secondary N) is 1. The van der Waals surface area contributed by atoms with Crippen molar-refractivity contribution in [1.82, 2.24) is 10.3 Å². The molecule has 2 heterocycles. The first-order chi connectivity index (χ1) is 8.78. The van der Waals surface area contributed by atoms with Crippen LogP contribution in [0.25, 0.3) is 11.1 Å². The Bertz CT molecular complexity index is 546. The lowest BCUT2D eigenvalue weighted by Crippen LogP contribution is -2.31. The van der Waals surface area contributed by atoms with E-state index in [1.807, 2.05) is 12.1 Å². The summed E-state index contributed by atoms with van der Waals surface area (Å²) < 4.78 is 5.96. The van der Waals surface area contributed by atoms with Gasteiger partial charge in [-0.1, -0.05) is 25.5 Å². The van der Waals surface area contributed by atoms with Crippen molar-refractivity contribution in [3.8, 4) is 0 Å². The van der Waals surface area contributed by atoms with Gasteiger partial charge in [0.25, 0.3) is 0 Å². The lowest BCUT2D eigenvalue weighted by Gasteiger charge is -2.27. The van der Waals surface area contributed by atoms with Crippen LogP contribution in [0.4, 0.5) is 0 Å². The fourth-order valence-electron chi connectivity index (χ4n) is 2.81. The highest BCUT2D eigenvalue weighted by Gasteiger charge is 2.25. The molecule has 96 valence electrons. The molecular weight excluding hydrogens is 224 g/mol. The second-order valence-corrected chi connectivity index (χ2v) is 5.28. The maximum absolute atomic E-state index is 5.96. The van der Waals surface area contributed by atoms with Crippen LogP contribution in [0.3, 0.4) is 0 Å². The number of hydrogen-bond donors (Lipinski definition) is 1. The summed E-state index contributed by atoms with van der Waals surface area (Å²) in [6.07, 6.45) is 3.66. The topological polar surface area (TPSA) is 38.1 Å². The van der Waals surface area contributed by atoms with Crippen LogP contribution < -0.4 is 5.32 Å².